The van der Waals surface area contributed by atoms with Crippen molar-refractivity contribution >= 4 is 21.4 Å². The highest BCUT2D eigenvalue weighted by Gasteiger charge is 2.10. The van der Waals surface area contributed by atoms with Crippen molar-refractivity contribution in [2.75, 3.05) is 7.11 Å². The molecule has 0 aliphatic carbocycles. The van der Waals surface area contributed by atoms with Gasteiger partial charge >= 0.3 is 0 Å². The lowest BCUT2D eigenvalue weighted by Gasteiger charge is -2.05. The lowest BCUT2D eigenvalue weighted by Crippen LogP contribution is -2.19. The summed E-state index contributed by atoms with van der Waals surface area (Å²) >= 11 is 3.44. The van der Waals surface area contributed by atoms with Gasteiger partial charge in [0.15, 0.2) is 0 Å². The SMILES string of the molecule is COc1ccc2c(Br)nc(CC(C)N)n2c1. The average molecular weight is 284 g/mol. The third kappa shape index (κ3) is 2.05. The van der Waals surface area contributed by atoms with E-state index in [-0.39, 0.29) is 6.04 Å². The highest BCUT2D eigenvalue weighted by molar-refractivity contribution is 9.10. The summed E-state index contributed by atoms with van der Waals surface area (Å²) in [5.74, 6) is 1.75. The van der Waals surface area contributed by atoms with Gasteiger partial charge in [0, 0.05) is 12.5 Å². The fraction of sp³-hybridized carbons (Fsp3) is 0.364. The van der Waals surface area contributed by atoms with E-state index in [1.807, 2.05) is 29.7 Å². The van der Waals surface area contributed by atoms with Crippen LogP contribution in [-0.2, 0) is 6.42 Å². The van der Waals surface area contributed by atoms with Crippen LogP contribution in [0, 0.1) is 0 Å². The van der Waals surface area contributed by atoms with Gasteiger partial charge in [0.25, 0.3) is 0 Å². The van der Waals surface area contributed by atoms with Crippen LogP contribution in [0.3, 0.4) is 0 Å². The predicted molar refractivity (Wildman–Crippen MR) is 66.8 cm³/mol. The van der Waals surface area contributed by atoms with Crippen LogP contribution in [0.25, 0.3) is 5.52 Å². The van der Waals surface area contributed by atoms with Crippen LogP contribution in [0.5, 0.6) is 5.75 Å². The van der Waals surface area contributed by atoms with Crippen LogP contribution in [-0.4, -0.2) is 22.5 Å². The number of ether oxygens (including phenoxy) is 1. The molecule has 1 unspecified atom stereocenters. The molecule has 2 aromatic heterocycles. The van der Waals surface area contributed by atoms with Crippen molar-refractivity contribution in [3.63, 3.8) is 0 Å². The number of nitrogens with zero attached hydrogens (tertiary/aromatic N) is 2. The third-order valence-electron chi connectivity index (χ3n) is 2.38. The Morgan fingerprint density at radius 1 is 1.56 bits per heavy atom. The van der Waals surface area contributed by atoms with Gasteiger partial charge in [0.2, 0.25) is 0 Å². The first-order valence-electron chi connectivity index (χ1n) is 5.08. The Morgan fingerprint density at radius 2 is 2.31 bits per heavy atom. The molecule has 2 rings (SSSR count). The number of rotatable bonds is 3. The Kier molecular flexibility index (Phi) is 3.16. The van der Waals surface area contributed by atoms with Crippen LogP contribution in [0.4, 0.5) is 0 Å². The average Bonchev–Trinajstić information content (AvgIpc) is 2.54. The largest absolute Gasteiger partial charge is 0.495 e. The molecule has 4 nitrogen and oxygen atoms in total. The second-order valence-electron chi connectivity index (χ2n) is 3.82. The molecule has 0 saturated carbocycles. The number of fused-ring (bicyclic) bond motifs is 1. The smallest absolute Gasteiger partial charge is 0.135 e. The van der Waals surface area contributed by atoms with Crippen LogP contribution in [0.15, 0.2) is 22.9 Å². The summed E-state index contributed by atoms with van der Waals surface area (Å²) in [5.41, 5.74) is 6.82. The summed E-state index contributed by atoms with van der Waals surface area (Å²) in [6, 6.07) is 3.97. The van der Waals surface area contributed by atoms with Gasteiger partial charge in [0.05, 0.1) is 18.8 Å². The van der Waals surface area contributed by atoms with Crippen molar-refractivity contribution in [1.29, 1.82) is 0 Å². The van der Waals surface area contributed by atoms with E-state index in [2.05, 4.69) is 20.9 Å². The predicted octanol–water partition coefficient (Wildman–Crippen LogP) is 2.00. The van der Waals surface area contributed by atoms with E-state index in [4.69, 9.17) is 10.5 Å². The minimum atomic E-state index is 0.0868. The number of aromatic nitrogens is 2. The van der Waals surface area contributed by atoms with E-state index in [1.165, 1.54) is 0 Å². The van der Waals surface area contributed by atoms with Crippen molar-refractivity contribution in [3.05, 3.63) is 28.8 Å². The molecule has 0 aliphatic heterocycles. The van der Waals surface area contributed by atoms with E-state index in [1.54, 1.807) is 7.11 Å². The van der Waals surface area contributed by atoms with E-state index >= 15 is 0 Å². The van der Waals surface area contributed by atoms with Gasteiger partial charge in [-0.05, 0) is 35.0 Å². The van der Waals surface area contributed by atoms with Crippen LogP contribution < -0.4 is 10.5 Å². The van der Waals surface area contributed by atoms with Crippen LogP contribution in [0.2, 0.25) is 0 Å². The summed E-state index contributed by atoms with van der Waals surface area (Å²) in [4.78, 5) is 4.45. The molecular weight excluding hydrogens is 270 g/mol. The second-order valence-corrected chi connectivity index (χ2v) is 4.58. The van der Waals surface area contributed by atoms with Crippen LogP contribution >= 0.6 is 15.9 Å². The molecule has 0 aromatic carbocycles. The van der Waals surface area contributed by atoms with Crippen molar-refractivity contribution in [2.45, 2.75) is 19.4 Å². The topological polar surface area (TPSA) is 52.5 Å². The molecule has 86 valence electrons. The van der Waals surface area contributed by atoms with E-state index < -0.39 is 0 Å². The number of halogens is 1. The minimum absolute atomic E-state index is 0.0868. The van der Waals surface area contributed by atoms with Crippen molar-refractivity contribution < 1.29 is 4.74 Å². The Labute approximate surface area is 103 Å². The first-order chi connectivity index (χ1) is 7.61. The lowest BCUT2D eigenvalue weighted by atomic mass is 10.2. The van der Waals surface area contributed by atoms with Gasteiger partial charge in [-0.25, -0.2) is 4.98 Å². The van der Waals surface area contributed by atoms with Gasteiger partial charge in [-0.2, -0.15) is 0 Å². The Balaban J connectivity index is 2.56. The van der Waals surface area contributed by atoms with Gasteiger partial charge in [0.1, 0.15) is 16.2 Å². The number of hydrogen-bond donors (Lipinski definition) is 1. The van der Waals surface area contributed by atoms with Gasteiger partial charge in [-0.3, -0.25) is 4.40 Å². The summed E-state index contributed by atoms with van der Waals surface area (Å²) < 4.78 is 8.04. The van der Waals surface area contributed by atoms with Crippen molar-refractivity contribution in [2.24, 2.45) is 5.73 Å². The highest BCUT2D eigenvalue weighted by Crippen LogP contribution is 2.22. The fourth-order valence-electron chi connectivity index (χ4n) is 1.64. The molecule has 2 N–H and O–H groups in total. The maximum Gasteiger partial charge on any atom is 0.135 e. The highest BCUT2D eigenvalue weighted by atomic mass is 79.9. The number of imidazole rings is 1. The number of hydrogen-bond acceptors (Lipinski definition) is 3. The number of pyridine rings is 1. The van der Waals surface area contributed by atoms with Crippen molar-refractivity contribution in [1.82, 2.24) is 9.38 Å². The maximum absolute atomic E-state index is 5.80. The zero-order chi connectivity index (χ0) is 11.7. The molecule has 2 heterocycles. The molecule has 0 aliphatic rings. The molecule has 2 aromatic rings. The quantitative estimate of drug-likeness (QED) is 0.937. The summed E-state index contributed by atoms with van der Waals surface area (Å²) in [5, 5.41) is 0. The molecule has 0 radical (unpaired) electrons. The molecule has 1 atom stereocenters. The standard InChI is InChI=1S/C11H14BrN3O/c1-7(13)5-10-14-11(12)9-4-3-8(16-2)6-15(9)10/h3-4,6-7H,5,13H2,1-2H3. The van der Waals surface area contributed by atoms with E-state index in [0.717, 1.165) is 28.1 Å². The van der Waals surface area contributed by atoms with Crippen LogP contribution in [0.1, 0.15) is 12.7 Å². The first-order valence-corrected chi connectivity index (χ1v) is 5.87. The third-order valence-corrected chi connectivity index (χ3v) is 2.96. The number of nitrogens with two attached hydrogens (primary N) is 1. The molecular formula is C11H14BrN3O. The zero-order valence-electron chi connectivity index (χ0n) is 9.27. The second kappa shape index (κ2) is 4.43. The minimum Gasteiger partial charge on any atom is -0.495 e. The zero-order valence-corrected chi connectivity index (χ0v) is 10.9. The van der Waals surface area contributed by atoms with Gasteiger partial charge < -0.3 is 10.5 Å². The Hall–Kier alpha value is -1.07. The molecule has 0 amide bonds. The van der Waals surface area contributed by atoms with E-state index in [0.29, 0.717) is 0 Å². The molecule has 16 heavy (non-hydrogen) atoms. The molecule has 5 heteroatoms. The molecule has 0 fully saturated rings. The lowest BCUT2D eigenvalue weighted by molar-refractivity contribution is 0.412. The molecule has 0 saturated heterocycles. The van der Waals surface area contributed by atoms with Gasteiger partial charge in [-0.1, -0.05) is 0 Å². The van der Waals surface area contributed by atoms with E-state index in [9.17, 15) is 0 Å². The maximum atomic E-state index is 5.80. The summed E-state index contributed by atoms with van der Waals surface area (Å²) in [6.07, 6.45) is 2.66. The number of methoxy groups -OCH3 is 1. The molecule has 0 spiro atoms. The van der Waals surface area contributed by atoms with Crippen molar-refractivity contribution in [3.8, 4) is 5.75 Å². The first kappa shape index (κ1) is 11.4. The summed E-state index contributed by atoms with van der Waals surface area (Å²) in [6.45, 7) is 1.97. The fourth-order valence-corrected chi connectivity index (χ4v) is 2.17. The van der Waals surface area contributed by atoms with Gasteiger partial charge in [-0.15, -0.1) is 0 Å². The Bertz CT molecular complexity index is 507. The summed E-state index contributed by atoms with van der Waals surface area (Å²) in [7, 11) is 1.65. The normalized spacial score (nSPS) is 13.0. The monoisotopic (exact) mass is 283 g/mol. The molecule has 0 bridgehead atoms. The Morgan fingerprint density at radius 3 is 2.94 bits per heavy atom.